The topological polar surface area (TPSA) is 108 Å². The predicted octanol–water partition coefficient (Wildman–Crippen LogP) is 21.3. The van der Waals surface area contributed by atoms with Gasteiger partial charge in [-0.1, -0.05) is 334 Å². The third-order valence-corrected chi connectivity index (χ3v) is 17.2. The van der Waals surface area contributed by atoms with Gasteiger partial charge in [-0.2, -0.15) is 0 Å². The van der Waals surface area contributed by atoms with Gasteiger partial charge in [-0.05, 0) is 44.9 Å². The van der Waals surface area contributed by atoms with Gasteiger partial charge in [-0.25, -0.2) is 0 Å². The van der Waals surface area contributed by atoms with Crippen LogP contribution in [0.5, 0.6) is 0 Å². The number of aliphatic hydroxyl groups excluding tert-OH is 1. The molecule has 0 heterocycles. The van der Waals surface area contributed by atoms with Crippen molar-refractivity contribution in [2.75, 3.05) is 40.9 Å². The first-order valence-electron chi connectivity index (χ1n) is 34.7. The van der Waals surface area contributed by atoms with Crippen molar-refractivity contribution < 1.29 is 32.9 Å². The summed E-state index contributed by atoms with van der Waals surface area (Å²) in [5, 5.41) is 14.1. The summed E-state index contributed by atoms with van der Waals surface area (Å²) in [7, 11) is 1.32. The fourth-order valence-corrected chi connectivity index (χ4v) is 11.5. The Morgan fingerprint density at radius 2 is 0.744 bits per heavy atom. The molecule has 0 aromatic rings. The van der Waals surface area contributed by atoms with Crippen molar-refractivity contribution in [3.05, 3.63) is 24.3 Å². The molecule has 0 saturated carbocycles. The maximum atomic E-state index is 13.1. The van der Waals surface area contributed by atoms with Crippen molar-refractivity contribution in [3.63, 3.8) is 0 Å². The monoisotopic (exact) mass is 1120 g/mol. The standard InChI is InChI=1S/C69H137N2O6P/c1-6-8-10-12-14-16-18-20-22-24-26-28-30-32-33-34-35-36-37-39-41-43-45-47-49-51-53-55-57-59-61-63-69(73)70-67(66-77-78(74,75)76-65-64-71(3,4)5)68(72)62-60-58-56-54-52-50-48-46-44-42-40-38-31-29-27-25-23-21-19-17-15-13-11-9-7-2/h26,28,32-33,67-68,72H,6-25,27,29-31,34-66H2,1-5H3,(H-,70,73,74,75)/b28-26-,33-32-. The maximum absolute atomic E-state index is 13.1. The number of hydrogen-bond donors (Lipinski definition) is 2. The molecule has 9 heteroatoms. The van der Waals surface area contributed by atoms with E-state index in [9.17, 15) is 19.4 Å². The fraction of sp³-hybridized carbons (Fsp3) is 0.928. The summed E-state index contributed by atoms with van der Waals surface area (Å²) in [6.45, 7) is 4.78. The van der Waals surface area contributed by atoms with Crippen molar-refractivity contribution in [3.8, 4) is 0 Å². The molecule has 8 nitrogen and oxygen atoms in total. The number of phosphoric ester groups is 1. The van der Waals surface area contributed by atoms with Crippen molar-refractivity contribution >= 4 is 13.7 Å². The number of carbonyl (C=O) groups is 1. The van der Waals surface area contributed by atoms with Crippen LogP contribution in [-0.4, -0.2) is 68.5 Å². The summed E-state index contributed by atoms with van der Waals surface area (Å²) >= 11 is 0. The minimum absolute atomic E-state index is 0.0144. The van der Waals surface area contributed by atoms with Crippen molar-refractivity contribution in [2.45, 2.75) is 373 Å². The van der Waals surface area contributed by atoms with Crippen molar-refractivity contribution in [1.82, 2.24) is 5.32 Å². The van der Waals surface area contributed by atoms with E-state index in [2.05, 4.69) is 43.5 Å². The Kier molecular flexibility index (Phi) is 59.8. The smallest absolute Gasteiger partial charge is 0.268 e. The molecule has 78 heavy (non-hydrogen) atoms. The maximum Gasteiger partial charge on any atom is 0.268 e. The lowest BCUT2D eigenvalue weighted by Gasteiger charge is -2.30. The summed E-state index contributed by atoms with van der Waals surface area (Å²) in [5.41, 5.74) is 0. The lowest BCUT2D eigenvalue weighted by Crippen LogP contribution is -2.46. The van der Waals surface area contributed by atoms with Gasteiger partial charge < -0.3 is 28.8 Å². The Morgan fingerprint density at radius 3 is 1.06 bits per heavy atom. The van der Waals surface area contributed by atoms with Crippen LogP contribution in [-0.2, 0) is 18.4 Å². The zero-order valence-electron chi connectivity index (χ0n) is 53.2. The van der Waals surface area contributed by atoms with Crippen LogP contribution in [0.4, 0.5) is 0 Å². The number of nitrogens with one attached hydrogen (secondary N) is 1. The van der Waals surface area contributed by atoms with Crippen LogP contribution in [0.1, 0.15) is 361 Å². The average molecular weight is 1120 g/mol. The number of allylic oxidation sites excluding steroid dienone is 4. The first-order valence-corrected chi connectivity index (χ1v) is 36.1. The van der Waals surface area contributed by atoms with Crippen LogP contribution in [0, 0.1) is 0 Å². The summed E-state index contributed by atoms with van der Waals surface area (Å²) in [4.78, 5) is 25.7. The number of likely N-dealkylation sites (N-methyl/N-ethyl adjacent to an activating group) is 1. The van der Waals surface area contributed by atoms with E-state index >= 15 is 0 Å². The van der Waals surface area contributed by atoms with E-state index in [0.717, 1.165) is 44.9 Å². The van der Waals surface area contributed by atoms with Crippen LogP contribution in [0.15, 0.2) is 24.3 Å². The molecular weight excluding hydrogens is 984 g/mol. The molecule has 0 aromatic heterocycles. The van der Waals surface area contributed by atoms with Crippen LogP contribution < -0.4 is 10.2 Å². The van der Waals surface area contributed by atoms with Gasteiger partial charge in [-0.15, -0.1) is 0 Å². The summed E-state index contributed by atoms with van der Waals surface area (Å²) in [6.07, 6.45) is 78.2. The van der Waals surface area contributed by atoms with Gasteiger partial charge in [-0.3, -0.25) is 9.36 Å². The van der Waals surface area contributed by atoms with E-state index in [1.165, 1.54) is 289 Å². The highest BCUT2D eigenvalue weighted by molar-refractivity contribution is 7.45. The van der Waals surface area contributed by atoms with E-state index in [-0.39, 0.29) is 19.1 Å². The summed E-state index contributed by atoms with van der Waals surface area (Å²) in [6, 6.07) is -0.801. The van der Waals surface area contributed by atoms with Crippen LogP contribution >= 0.6 is 7.82 Å². The largest absolute Gasteiger partial charge is 0.756 e. The second-order valence-corrected chi connectivity index (χ2v) is 26.7. The van der Waals surface area contributed by atoms with Gasteiger partial charge in [0, 0.05) is 6.42 Å². The zero-order chi connectivity index (χ0) is 57.0. The van der Waals surface area contributed by atoms with Gasteiger partial charge in [0.2, 0.25) is 5.91 Å². The Labute approximate surface area is 487 Å². The molecule has 0 aromatic carbocycles. The van der Waals surface area contributed by atoms with Crippen LogP contribution in [0.25, 0.3) is 0 Å². The molecule has 2 N–H and O–H groups in total. The third kappa shape index (κ3) is 62.6. The molecule has 0 saturated heterocycles. The molecule has 0 aliphatic rings. The number of quaternary nitrogens is 1. The minimum atomic E-state index is -4.58. The molecule has 3 unspecified atom stereocenters. The third-order valence-electron chi connectivity index (χ3n) is 16.2. The van der Waals surface area contributed by atoms with Crippen molar-refractivity contribution in [1.29, 1.82) is 0 Å². The highest BCUT2D eigenvalue weighted by atomic mass is 31.2. The molecule has 464 valence electrons. The number of rotatable bonds is 65. The van der Waals surface area contributed by atoms with E-state index < -0.39 is 20.0 Å². The molecule has 0 aliphatic carbocycles. The van der Waals surface area contributed by atoms with E-state index in [1.807, 2.05) is 21.1 Å². The first kappa shape index (κ1) is 77.0. The van der Waals surface area contributed by atoms with E-state index in [0.29, 0.717) is 23.9 Å². The quantitative estimate of drug-likeness (QED) is 0.0272. The number of aliphatic hydroxyl groups is 1. The van der Waals surface area contributed by atoms with Crippen molar-refractivity contribution in [2.24, 2.45) is 0 Å². The molecule has 1 amide bonds. The van der Waals surface area contributed by atoms with Gasteiger partial charge in [0.05, 0.1) is 39.9 Å². The first-order chi connectivity index (χ1) is 38.0. The highest BCUT2D eigenvalue weighted by Crippen LogP contribution is 2.38. The molecule has 0 spiro atoms. The highest BCUT2D eigenvalue weighted by Gasteiger charge is 2.24. The molecule has 0 radical (unpaired) electrons. The van der Waals surface area contributed by atoms with E-state index in [4.69, 9.17) is 9.05 Å². The minimum Gasteiger partial charge on any atom is -0.756 e. The van der Waals surface area contributed by atoms with Gasteiger partial charge in [0.15, 0.2) is 0 Å². The fourth-order valence-electron chi connectivity index (χ4n) is 10.8. The number of carbonyl (C=O) groups excluding carboxylic acids is 1. The Morgan fingerprint density at radius 1 is 0.449 bits per heavy atom. The molecule has 0 aliphatic heterocycles. The normalized spacial score (nSPS) is 13.8. The molecule has 0 rings (SSSR count). The lowest BCUT2D eigenvalue weighted by molar-refractivity contribution is -0.870. The molecule has 0 fully saturated rings. The Hall–Kier alpha value is -1.02. The number of amides is 1. The van der Waals surface area contributed by atoms with Crippen LogP contribution in [0.3, 0.4) is 0 Å². The number of phosphoric acid groups is 1. The summed E-state index contributed by atoms with van der Waals surface area (Å²) < 4.78 is 23.5. The van der Waals surface area contributed by atoms with Gasteiger partial charge >= 0.3 is 0 Å². The SMILES string of the molecule is CCCCCCCCCCC/C=C\C/C=C\CCCCCCCCCCCCCCCCCC(=O)NC(COP(=O)([O-])OCC[N+](C)(C)C)C(O)CCCCCCCCCCCCCCCCCCCCCCCCCCC. The summed E-state index contributed by atoms with van der Waals surface area (Å²) in [5.74, 6) is -0.158. The molecule has 0 bridgehead atoms. The van der Waals surface area contributed by atoms with Crippen LogP contribution in [0.2, 0.25) is 0 Å². The Balaban J connectivity index is 4.02. The second kappa shape index (κ2) is 60.6. The van der Waals surface area contributed by atoms with E-state index in [1.54, 1.807) is 0 Å². The average Bonchev–Trinajstić information content (AvgIpc) is 3.41. The lowest BCUT2D eigenvalue weighted by atomic mass is 10.0. The van der Waals surface area contributed by atoms with Gasteiger partial charge in [0.25, 0.3) is 7.82 Å². The zero-order valence-corrected chi connectivity index (χ0v) is 54.0. The number of hydrogen-bond acceptors (Lipinski definition) is 6. The second-order valence-electron chi connectivity index (χ2n) is 25.2. The number of unbranched alkanes of at least 4 members (excludes halogenated alkanes) is 48. The molecular formula is C69H137N2O6P. The predicted molar refractivity (Wildman–Crippen MR) is 339 cm³/mol. The Bertz CT molecular complexity index is 1320. The van der Waals surface area contributed by atoms with Gasteiger partial charge in [0.1, 0.15) is 13.2 Å². The molecule has 3 atom stereocenters. The number of nitrogens with zero attached hydrogens (tertiary/aromatic N) is 1.